The van der Waals surface area contributed by atoms with Crippen LogP contribution in [0, 0.1) is 5.21 Å². The van der Waals surface area contributed by atoms with Gasteiger partial charge in [0, 0.05) is 29.8 Å². The summed E-state index contributed by atoms with van der Waals surface area (Å²) in [6.07, 6.45) is 0. The summed E-state index contributed by atoms with van der Waals surface area (Å²) in [5.74, 6) is 1.82. The van der Waals surface area contributed by atoms with Gasteiger partial charge in [-0.2, -0.15) is 0 Å². The number of aromatic nitrogens is 3. The maximum Gasteiger partial charge on any atom is 0.164 e. The lowest BCUT2D eigenvalue weighted by Gasteiger charge is -2.33. The first-order valence-electron chi connectivity index (χ1n) is 16.0. The van der Waals surface area contributed by atoms with Gasteiger partial charge < -0.3 is 14.8 Å². The Morgan fingerprint density at radius 3 is 1.56 bits per heavy atom. The molecule has 232 valence electrons. The van der Waals surface area contributed by atoms with Crippen LogP contribution in [-0.2, 0) is 0 Å². The maximum absolute atomic E-state index is 13.1. The molecule has 0 radical (unpaired) electrons. The fourth-order valence-electron chi connectivity index (χ4n) is 6.52. The number of hydrogen-bond acceptors (Lipinski definition) is 5. The van der Waals surface area contributed by atoms with Crippen LogP contribution in [0.25, 0.3) is 67.5 Å². The summed E-state index contributed by atoms with van der Waals surface area (Å²) in [6.45, 7) is 0.408. The first kappa shape index (κ1) is 29.5. The van der Waals surface area contributed by atoms with Crippen molar-refractivity contribution < 1.29 is 0 Å². The normalized spacial score (nSPS) is 15.4. The molecule has 7 aromatic rings. The Morgan fingerprint density at radius 2 is 0.917 bits per heavy atom. The van der Waals surface area contributed by atoms with E-state index in [4.69, 9.17) is 15.0 Å². The van der Waals surface area contributed by atoms with Gasteiger partial charge in [0.2, 0.25) is 0 Å². The van der Waals surface area contributed by atoms with Crippen LogP contribution in [0.2, 0.25) is 0 Å². The van der Waals surface area contributed by atoms with Crippen LogP contribution in [0.5, 0.6) is 0 Å². The van der Waals surface area contributed by atoms with Gasteiger partial charge in [-0.25, -0.2) is 15.0 Å². The monoisotopic (exact) mass is 623 g/mol. The fraction of sp³-hybridized carbons (Fsp3) is 0.0714. The van der Waals surface area contributed by atoms with Crippen molar-refractivity contribution in [2.24, 2.45) is 0 Å². The molecule has 0 spiro atoms. The smallest absolute Gasteiger partial charge is 0.164 e. The van der Waals surface area contributed by atoms with Gasteiger partial charge >= 0.3 is 0 Å². The molecule has 1 atom stereocenters. The van der Waals surface area contributed by atoms with Gasteiger partial charge in [0.1, 0.15) is 5.69 Å². The minimum atomic E-state index is -0.410. The molecule has 0 N–H and O–H groups in total. The molecule has 0 saturated carbocycles. The van der Waals surface area contributed by atoms with Gasteiger partial charge in [-0.1, -0.05) is 140 Å². The molecule has 1 unspecified atom stereocenters. The van der Waals surface area contributed by atoms with E-state index in [1.54, 1.807) is 7.05 Å². The zero-order valence-electron chi connectivity index (χ0n) is 26.8. The average molecular weight is 624 g/mol. The van der Waals surface area contributed by atoms with Crippen LogP contribution in [0.4, 0.5) is 11.4 Å². The summed E-state index contributed by atoms with van der Waals surface area (Å²) in [5.41, 5.74) is 11.0. The van der Waals surface area contributed by atoms with Crippen molar-refractivity contribution in [1.29, 1.82) is 0 Å². The SMILES string of the molecule is CN1C[N+](C)([O-])c2cc(-c3ccc(-c4nc(-c5ccccc5)nc(-c5ccccc5-c5ccc(-c6ccccc6)cc5)n4)cc3)ccc21. The molecule has 1 aromatic heterocycles. The van der Waals surface area contributed by atoms with Crippen molar-refractivity contribution in [3.05, 3.63) is 157 Å². The van der Waals surface area contributed by atoms with Crippen molar-refractivity contribution in [2.45, 2.75) is 0 Å². The van der Waals surface area contributed by atoms with Crippen molar-refractivity contribution in [3.63, 3.8) is 0 Å². The number of quaternary nitrogens is 1. The second kappa shape index (κ2) is 12.0. The van der Waals surface area contributed by atoms with E-state index in [2.05, 4.69) is 78.9 Å². The van der Waals surface area contributed by atoms with E-state index in [1.807, 2.05) is 84.7 Å². The lowest BCUT2D eigenvalue weighted by Crippen LogP contribution is -2.40. The third kappa shape index (κ3) is 5.53. The van der Waals surface area contributed by atoms with Crippen LogP contribution in [-0.4, -0.2) is 35.7 Å². The Balaban J connectivity index is 1.19. The molecule has 6 heteroatoms. The van der Waals surface area contributed by atoms with Gasteiger partial charge in [0.05, 0.1) is 7.05 Å². The largest absolute Gasteiger partial charge is 0.626 e. The van der Waals surface area contributed by atoms with Crippen molar-refractivity contribution in [3.8, 4) is 67.5 Å². The zero-order valence-corrected chi connectivity index (χ0v) is 26.8. The third-order valence-corrected chi connectivity index (χ3v) is 8.99. The standard InChI is InChI=1S/C42H33N5O/c1-46-28-47(2,48)39-27-35(25-26-38(39)46)31-19-23-34(24-20-31)41-43-40(33-13-7-4-8-14-33)44-42(45-41)37-16-10-9-15-36(37)32-21-17-30(18-22-32)29-11-5-3-6-12-29/h3-27H,28H2,1-2H3. The lowest BCUT2D eigenvalue weighted by atomic mass is 9.96. The maximum atomic E-state index is 13.1. The number of fused-ring (bicyclic) bond motifs is 1. The number of rotatable bonds is 6. The van der Waals surface area contributed by atoms with Crippen LogP contribution in [0.3, 0.4) is 0 Å². The molecular formula is C42H33N5O. The van der Waals surface area contributed by atoms with Crippen molar-refractivity contribution in [1.82, 2.24) is 19.6 Å². The summed E-state index contributed by atoms with van der Waals surface area (Å²) in [5, 5.41) is 13.1. The summed E-state index contributed by atoms with van der Waals surface area (Å²) in [4.78, 5) is 17.0. The topological polar surface area (TPSA) is 65.0 Å². The highest BCUT2D eigenvalue weighted by atomic mass is 16.5. The Labute approximate surface area is 280 Å². The summed E-state index contributed by atoms with van der Waals surface area (Å²) in [6, 6.07) is 51.7. The lowest BCUT2D eigenvalue weighted by molar-refractivity contribution is 0.478. The fourth-order valence-corrected chi connectivity index (χ4v) is 6.52. The molecule has 0 amide bonds. The molecule has 8 rings (SSSR count). The van der Waals surface area contributed by atoms with Crippen molar-refractivity contribution >= 4 is 11.4 Å². The van der Waals surface area contributed by atoms with Crippen LogP contribution < -0.4 is 9.55 Å². The molecular weight excluding hydrogens is 590 g/mol. The summed E-state index contributed by atoms with van der Waals surface area (Å²) >= 11 is 0. The van der Waals surface area contributed by atoms with Gasteiger partial charge in [-0.05, 0) is 39.4 Å². The van der Waals surface area contributed by atoms with E-state index in [1.165, 1.54) is 11.1 Å². The first-order chi connectivity index (χ1) is 23.4. The molecule has 1 aliphatic heterocycles. The minimum absolute atomic E-state index is 0.408. The third-order valence-electron chi connectivity index (χ3n) is 8.99. The van der Waals surface area contributed by atoms with Gasteiger partial charge in [0.25, 0.3) is 0 Å². The Hall–Kier alpha value is -5.95. The van der Waals surface area contributed by atoms with E-state index in [-0.39, 0.29) is 0 Å². The quantitative estimate of drug-likeness (QED) is 0.136. The Bertz CT molecular complexity index is 2230. The number of anilines is 1. The molecule has 0 fully saturated rings. The molecule has 2 heterocycles. The highest BCUT2D eigenvalue weighted by Crippen LogP contribution is 2.41. The van der Waals surface area contributed by atoms with E-state index in [0.717, 1.165) is 50.3 Å². The van der Waals surface area contributed by atoms with Crippen molar-refractivity contribution in [2.75, 3.05) is 25.7 Å². The number of hydroxylamine groups is 2. The average Bonchev–Trinajstić information content (AvgIpc) is 3.38. The highest BCUT2D eigenvalue weighted by molar-refractivity contribution is 5.84. The molecule has 6 nitrogen and oxygen atoms in total. The number of hydrogen-bond donors (Lipinski definition) is 0. The van der Waals surface area contributed by atoms with E-state index < -0.39 is 4.65 Å². The van der Waals surface area contributed by atoms with Gasteiger partial charge in [0.15, 0.2) is 29.8 Å². The predicted octanol–water partition coefficient (Wildman–Crippen LogP) is 9.72. The molecule has 0 aliphatic carbocycles. The van der Waals surface area contributed by atoms with Crippen LogP contribution >= 0.6 is 0 Å². The zero-order chi connectivity index (χ0) is 32.7. The second-order valence-electron chi connectivity index (χ2n) is 12.4. The van der Waals surface area contributed by atoms with E-state index >= 15 is 0 Å². The second-order valence-corrected chi connectivity index (χ2v) is 12.4. The molecule has 0 saturated heterocycles. The van der Waals surface area contributed by atoms with Gasteiger partial charge in [-0.15, -0.1) is 0 Å². The van der Waals surface area contributed by atoms with Crippen LogP contribution in [0.15, 0.2) is 152 Å². The molecule has 48 heavy (non-hydrogen) atoms. The van der Waals surface area contributed by atoms with E-state index in [0.29, 0.717) is 24.1 Å². The predicted molar refractivity (Wildman–Crippen MR) is 197 cm³/mol. The van der Waals surface area contributed by atoms with Crippen LogP contribution in [0.1, 0.15) is 0 Å². The molecule has 1 aliphatic rings. The minimum Gasteiger partial charge on any atom is -0.626 e. The Kier molecular flexibility index (Phi) is 7.37. The molecule has 6 aromatic carbocycles. The Morgan fingerprint density at radius 1 is 0.479 bits per heavy atom. The number of benzene rings is 6. The summed E-state index contributed by atoms with van der Waals surface area (Å²) < 4.78 is -0.410. The first-order valence-corrected chi connectivity index (χ1v) is 16.0. The molecule has 0 bridgehead atoms. The summed E-state index contributed by atoms with van der Waals surface area (Å²) in [7, 11) is 3.66. The highest BCUT2D eigenvalue weighted by Gasteiger charge is 2.31. The van der Waals surface area contributed by atoms with E-state index in [9.17, 15) is 5.21 Å². The number of nitrogens with zero attached hydrogens (tertiary/aromatic N) is 5. The van der Waals surface area contributed by atoms with Gasteiger partial charge in [-0.3, -0.25) is 0 Å².